The average Bonchev–Trinajstić information content (AvgIpc) is 2.64. The maximum Gasteiger partial charge on any atom is 0.261 e. The zero-order valence-corrected chi connectivity index (χ0v) is 17.6. The van der Waals surface area contributed by atoms with Gasteiger partial charge in [0, 0.05) is 22.6 Å². The third kappa shape index (κ3) is 6.73. The van der Waals surface area contributed by atoms with Gasteiger partial charge in [0.15, 0.2) is 6.61 Å². The normalized spacial score (nSPS) is 11.8. The first-order valence-corrected chi connectivity index (χ1v) is 9.74. The first-order chi connectivity index (χ1) is 13.3. The Morgan fingerprint density at radius 1 is 1.04 bits per heavy atom. The molecule has 7 heteroatoms. The van der Waals surface area contributed by atoms with E-state index in [0.717, 1.165) is 5.56 Å². The third-order valence-corrected chi connectivity index (χ3v) is 4.51. The fraction of sp³-hybridized carbons (Fsp3) is 0.333. The predicted molar refractivity (Wildman–Crippen MR) is 112 cm³/mol. The van der Waals surface area contributed by atoms with Crippen LogP contribution in [0.3, 0.4) is 0 Å². The van der Waals surface area contributed by atoms with Gasteiger partial charge < -0.3 is 15.0 Å². The Morgan fingerprint density at radius 3 is 2.32 bits per heavy atom. The van der Waals surface area contributed by atoms with Crippen molar-refractivity contribution in [3.63, 3.8) is 0 Å². The number of carbonyl (C=O) groups is 2. The van der Waals surface area contributed by atoms with Gasteiger partial charge in [0.1, 0.15) is 11.8 Å². The van der Waals surface area contributed by atoms with Crippen molar-refractivity contribution in [1.29, 1.82) is 0 Å². The number of halogens is 2. The van der Waals surface area contributed by atoms with Gasteiger partial charge in [-0.3, -0.25) is 9.59 Å². The summed E-state index contributed by atoms with van der Waals surface area (Å²) in [6.45, 7) is 5.51. The number of benzene rings is 2. The van der Waals surface area contributed by atoms with Crippen molar-refractivity contribution in [3.8, 4) is 5.75 Å². The molecule has 0 saturated carbocycles. The number of hydrogen-bond acceptors (Lipinski definition) is 3. The Bertz CT molecular complexity index is 810. The zero-order valence-electron chi connectivity index (χ0n) is 16.1. The second-order valence-electron chi connectivity index (χ2n) is 6.73. The van der Waals surface area contributed by atoms with Gasteiger partial charge >= 0.3 is 0 Å². The highest BCUT2D eigenvalue weighted by Crippen LogP contribution is 2.18. The zero-order chi connectivity index (χ0) is 20.7. The molecular weight excluding hydrogens is 399 g/mol. The van der Waals surface area contributed by atoms with Crippen LogP contribution in [0.25, 0.3) is 0 Å². The van der Waals surface area contributed by atoms with E-state index in [2.05, 4.69) is 5.32 Å². The number of nitrogens with zero attached hydrogens (tertiary/aromatic N) is 1. The van der Waals surface area contributed by atoms with Crippen LogP contribution >= 0.6 is 23.2 Å². The van der Waals surface area contributed by atoms with E-state index in [1.54, 1.807) is 43.3 Å². The van der Waals surface area contributed by atoms with Gasteiger partial charge in [-0.1, -0.05) is 41.4 Å². The number of ether oxygens (including phenoxy) is 1. The van der Waals surface area contributed by atoms with Crippen molar-refractivity contribution in [2.45, 2.75) is 39.4 Å². The Balaban J connectivity index is 2.14. The summed E-state index contributed by atoms with van der Waals surface area (Å²) in [5.41, 5.74) is 0.865. The Morgan fingerprint density at radius 2 is 1.71 bits per heavy atom. The monoisotopic (exact) mass is 422 g/mol. The fourth-order valence-corrected chi connectivity index (χ4v) is 2.87. The molecular formula is C21H24Cl2N2O3. The molecule has 2 aromatic carbocycles. The molecule has 0 aliphatic heterocycles. The van der Waals surface area contributed by atoms with Crippen LogP contribution in [0.1, 0.15) is 26.3 Å². The molecule has 0 fully saturated rings. The second-order valence-corrected chi connectivity index (χ2v) is 7.61. The van der Waals surface area contributed by atoms with Crippen molar-refractivity contribution in [2.75, 3.05) is 6.61 Å². The lowest BCUT2D eigenvalue weighted by Crippen LogP contribution is -2.50. The summed E-state index contributed by atoms with van der Waals surface area (Å²) >= 11 is 11.9. The highest BCUT2D eigenvalue weighted by atomic mass is 35.5. The summed E-state index contributed by atoms with van der Waals surface area (Å²) < 4.78 is 5.57. The molecule has 5 nitrogen and oxygen atoms in total. The lowest BCUT2D eigenvalue weighted by Gasteiger charge is -2.29. The second kappa shape index (κ2) is 10.3. The van der Waals surface area contributed by atoms with Gasteiger partial charge in [0.05, 0.1) is 0 Å². The molecule has 2 amide bonds. The van der Waals surface area contributed by atoms with Gasteiger partial charge in [-0.2, -0.15) is 0 Å². The Labute approximate surface area is 175 Å². The molecule has 0 aliphatic rings. The van der Waals surface area contributed by atoms with E-state index >= 15 is 0 Å². The molecule has 2 aromatic rings. The summed E-state index contributed by atoms with van der Waals surface area (Å²) in [5, 5.41) is 3.97. The minimum absolute atomic E-state index is 0.0230. The molecule has 28 heavy (non-hydrogen) atoms. The summed E-state index contributed by atoms with van der Waals surface area (Å²) in [4.78, 5) is 26.8. The van der Waals surface area contributed by atoms with Gasteiger partial charge in [-0.15, -0.1) is 0 Å². The predicted octanol–water partition coefficient (Wildman–Crippen LogP) is 4.31. The van der Waals surface area contributed by atoms with Crippen molar-refractivity contribution >= 4 is 35.0 Å². The van der Waals surface area contributed by atoms with Crippen LogP contribution in [0, 0.1) is 0 Å². The van der Waals surface area contributed by atoms with Crippen molar-refractivity contribution in [2.24, 2.45) is 0 Å². The summed E-state index contributed by atoms with van der Waals surface area (Å²) in [5.74, 6) is -0.0343. The van der Waals surface area contributed by atoms with Gasteiger partial charge in [-0.05, 0) is 56.7 Å². The number of rotatable bonds is 8. The van der Waals surface area contributed by atoms with E-state index in [-0.39, 0.29) is 31.0 Å². The van der Waals surface area contributed by atoms with E-state index in [4.69, 9.17) is 27.9 Å². The molecule has 0 bridgehead atoms. The first kappa shape index (κ1) is 22.1. The molecule has 2 rings (SSSR count). The molecule has 0 aromatic heterocycles. The van der Waals surface area contributed by atoms with E-state index in [9.17, 15) is 9.59 Å². The molecule has 0 aliphatic carbocycles. The third-order valence-electron chi connectivity index (χ3n) is 4.02. The van der Waals surface area contributed by atoms with E-state index < -0.39 is 6.04 Å². The SMILES string of the molecule is CC(C)NC(=O)[C@H](C)N(Cc1ccc(Cl)cc1)C(=O)COc1cccc(Cl)c1. The lowest BCUT2D eigenvalue weighted by atomic mass is 10.1. The fourth-order valence-electron chi connectivity index (χ4n) is 2.56. The van der Waals surface area contributed by atoms with E-state index in [0.29, 0.717) is 15.8 Å². The number of carbonyl (C=O) groups excluding carboxylic acids is 2. The molecule has 0 heterocycles. The number of amides is 2. The highest BCUT2D eigenvalue weighted by molar-refractivity contribution is 6.30. The molecule has 1 atom stereocenters. The van der Waals surface area contributed by atoms with Crippen LogP contribution in [0.5, 0.6) is 5.75 Å². The van der Waals surface area contributed by atoms with Gasteiger partial charge in [0.2, 0.25) is 5.91 Å². The summed E-state index contributed by atoms with van der Waals surface area (Å²) in [6.07, 6.45) is 0. The van der Waals surface area contributed by atoms with Crippen LogP contribution in [0.2, 0.25) is 10.0 Å². The molecule has 0 spiro atoms. The summed E-state index contributed by atoms with van der Waals surface area (Å²) in [7, 11) is 0. The van der Waals surface area contributed by atoms with Crippen LogP contribution in [-0.4, -0.2) is 35.4 Å². The van der Waals surface area contributed by atoms with Crippen molar-refractivity contribution in [3.05, 3.63) is 64.1 Å². The quantitative estimate of drug-likeness (QED) is 0.688. The topological polar surface area (TPSA) is 58.6 Å². The molecule has 0 saturated heterocycles. The van der Waals surface area contributed by atoms with Crippen molar-refractivity contribution in [1.82, 2.24) is 10.2 Å². The maximum atomic E-state index is 12.9. The largest absolute Gasteiger partial charge is 0.484 e. The van der Waals surface area contributed by atoms with Crippen LogP contribution in [0.15, 0.2) is 48.5 Å². The minimum atomic E-state index is -0.659. The van der Waals surface area contributed by atoms with E-state index in [1.165, 1.54) is 4.90 Å². The maximum absolute atomic E-state index is 12.9. The first-order valence-electron chi connectivity index (χ1n) is 8.99. The van der Waals surface area contributed by atoms with Crippen LogP contribution in [-0.2, 0) is 16.1 Å². The standard InChI is InChI=1S/C21H24Cl2N2O3/c1-14(2)24-21(27)15(3)25(12-16-7-9-17(22)10-8-16)20(26)13-28-19-6-4-5-18(23)11-19/h4-11,14-15H,12-13H2,1-3H3,(H,24,27)/t15-/m0/s1. The minimum Gasteiger partial charge on any atom is -0.484 e. The highest BCUT2D eigenvalue weighted by Gasteiger charge is 2.26. The molecule has 0 unspecified atom stereocenters. The van der Waals surface area contributed by atoms with Crippen LogP contribution in [0.4, 0.5) is 0 Å². The Kier molecular flexibility index (Phi) is 8.15. The van der Waals surface area contributed by atoms with E-state index in [1.807, 2.05) is 26.0 Å². The summed E-state index contributed by atoms with van der Waals surface area (Å²) in [6, 6.07) is 13.3. The number of hydrogen-bond donors (Lipinski definition) is 1. The molecule has 0 radical (unpaired) electrons. The van der Waals surface area contributed by atoms with Crippen molar-refractivity contribution < 1.29 is 14.3 Å². The Hall–Kier alpha value is -2.24. The van der Waals surface area contributed by atoms with Gasteiger partial charge in [0.25, 0.3) is 5.91 Å². The van der Waals surface area contributed by atoms with Gasteiger partial charge in [-0.25, -0.2) is 0 Å². The number of nitrogens with one attached hydrogen (secondary N) is 1. The lowest BCUT2D eigenvalue weighted by molar-refractivity contribution is -0.142. The average molecular weight is 423 g/mol. The molecule has 1 N–H and O–H groups in total. The molecule has 150 valence electrons. The smallest absolute Gasteiger partial charge is 0.261 e. The van der Waals surface area contributed by atoms with Crippen LogP contribution < -0.4 is 10.1 Å².